The minimum absolute atomic E-state index is 0.0118. The molecule has 6 heteroatoms. The van der Waals surface area contributed by atoms with Crippen molar-refractivity contribution in [2.75, 3.05) is 24.4 Å². The standard InChI is InChI=1S/C16H21ClN2O3/c1-16(2,10-17)15(21)18-11-7-14(20)19(9-11)12-5-4-6-13(8-12)22-3/h4-6,8,11H,7,9-10H2,1-3H3,(H,18,21)/t11-/m1/s1. The SMILES string of the molecule is COc1cccc(N2C[C@H](NC(=O)C(C)(C)CCl)CC2=O)c1. The third-order valence-corrected chi connectivity index (χ3v) is 4.44. The van der Waals surface area contributed by atoms with Gasteiger partial charge in [0.1, 0.15) is 5.75 Å². The van der Waals surface area contributed by atoms with Gasteiger partial charge in [0.05, 0.1) is 18.6 Å². The second kappa shape index (κ2) is 6.57. The van der Waals surface area contributed by atoms with Crippen molar-refractivity contribution in [2.24, 2.45) is 5.41 Å². The Morgan fingerprint density at radius 3 is 2.86 bits per heavy atom. The summed E-state index contributed by atoms with van der Waals surface area (Å²) in [5, 5.41) is 2.91. The van der Waals surface area contributed by atoms with Gasteiger partial charge in [-0.25, -0.2) is 0 Å². The second-order valence-corrected chi connectivity index (χ2v) is 6.37. The zero-order valence-electron chi connectivity index (χ0n) is 13.1. The van der Waals surface area contributed by atoms with E-state index in [9.17, 15) is 9.59 Å². The van der Waals surface area contributed by atoms with Crippen LogP contribution in [0.1, 0.15) is 20.3 Å². The number of carbonyl (C=O) groups is 2. The summed E-state index contributed by atoms with van der Waals surface area (Å²) in [6.45, 7) is 4.02. The smallest absolute Gasteiger partial charge is 0.229 e. The highest BCUT2D eigenvalue weighted by atomic mass is 35.5. The van der Waals surface area contributed by atoms with Gasteiger partial charge in [-0.3, -0.25) is 9.59 Å². The lowest BCUT2D eigenvalue weighted by atomic mass is 9.95. The largest absolute Gasteiger partial charge is 0.497 e. The van der Waals surface area contributed by atoms with Gasteiger partial charge in [-0.15, -0.1) is 11.6 Å². The van der Waals surface area contributed by atoms with Crippen LogP contribution in [0, 0.1) is 5.41 Å². The van der Waals surface area contributed by atoms with Gasteiger partial charge in [0.25, 0.3) is 0 Å². The van der Waals surface area contributed by atoms with E-state index in [0.717, 1.165) is 5.69 Å². The van der Waals surface area contributed by atoms with Gasteiger partial charge in [-0.05, 0) is 26.0 Å². The first-order valence-electron chi connectivity index (χ1n) is 7.18. The van der Waals surface area contributed by atoms with Crippen LogP contribution >= 0.6 is 11.6 Å². The molecule has 0 aromatic heterocycles. The molecule has 2 rings (SSSR count). The summed E-state index contributed by atoms with van der Waals surface area (Å²) >= 11 is 5.81. The van der Waals surface area contributed by atoms with Gasteiger partial charge in [0.15, 0.2) is 0 Å². The molecule has 1 N–H and O–H groups in total. The summed E-state index contributed by atoms with van der Waals surface area (Å²) in [4.78, 5) is 26.0. The molecule has 1 heterocycles. The van der Waals surface area contributed by atoms with E-state index in [1.807, 2.05) is 24.3 Å². The number of nitrogens with one attached hydrogen (secondary N) is 1. The molecular formula is C16H21ClN2O3. The number of anilines is 1. The van der Waals surface area contributed by atoms with E-state index in [0.29, 0.717) is 18.7 Å². The van der Waals surface area contributed by atoms with Crippen LogP contribution in [0.4, 0.5) is 5.69 Å². The predicted molar refractivity (Wildman–Crippen MR) is 86.4 cm³/mol. The summed E-state index contributed by atoms with van der Waals surface area (Å²) in [5.41, 5.74) is 0.131. The molecule has 1 aliphatic rings. The lowest BCUT2D eigenvalue weighted by Gasteiger charge is -2.23. The van der Waals surface area contributed by atoms with Crippen LogP contribution in [0.15, 0.2) is 24.3 Å². The molecule has 120 valence electrons. The first-order chi connectivity index (χ1) is 10.4. The molecule has 22 heavy (non-hydrogen) atoms. The summed E-state index contributed by atoms with van der Waals surface area (Å²) in [5.74, 6) is 0.787. The highest BCUT2D eigenvalue weighted by Crippen LogP contribution is 2.26. The summed E-state index contributed by atoms with van der Waals surface area (Å²) < 4.78 is 5.18. The number of hydrogen-bond donors (Lipinski definition) is 1. The van der Waals surface area contributed by atoms with Crippen molar-refractivity contribution in [3.8, 4) is 5.75 Å². The van der Waals surface area contributed by atoms with Crippen molar-refractivity contribution >= 4 is 29.1 Å². The van der Waals surface area contributed by atoms with E-state index in [2.05, 4.69) is 5.32 Å². The number of carbonyl (C=O) groups excluding carboxylic acids is 2. The first-order valence-corrected chi connectivity index (χ1v) is 7.72. The topological polar surface area (TPSA) is 58.6 Å². The quantitative estimate of drug-likeness (QED) is 0.845. The van der Waals surface area contributed by atoms with E-state index >= 15 is 0 Å². The molecule has 0 bridgehead atoms. The number of halogens is 1. The molecule has 0 radical (unpaired) electrons. The lowest BCUT2D eigenvalue weighted by molar-refractivity contribution is -0.128. The van der Waals surface area contributed by atoms with Gasteiger partial charge in [-0.2, -0.15) is 0 Å². The van der Waals surface area contributed by atoms with Gasteiger partial charge in [0.2, 0.25) is 11.8 Å². The minimum Gasteiger partial charge on any atom is -0.497 e. The fraction of sp³-hybridized carbons (Fsp3) is 0.500. The van der Waals surface area contributed by atoms with Gasteiger partial charge in [-0.1, -0.05) is 6.07 Å². The van der Waals surface area contributed by atoms with Gasteiger partial charge in [0, 0.05) is 30.6 Å². The Balaban J connectivity index is 2.06. The molecule has 1 aromatic carbocycles. The average Bonchev–Trinajstić information content (AvgIpc) is 2.87. The second-order valence-electron chi connectivity index (χ2n) is 6.10. The molecular weight excluding hydrogens is 304 g/mol. The maximum Gasteiger partial charge on any atom is 0.229 e. The molecule has 1 fully saturated rings. The Kier molecular flexibility index (Phi) is 4.96. The van der Waals surface area contributed by atoms with Crippen molar-refractivity contribution < 1.29 is 14.3 Å². The number of alkyl halides is 1. The molecule has 1 aliphatic heterocycles. The van der Waals surface area contributed by atoms with E-state index in [1.165, 1.54) is 0 Å². The van der Waals surface area contributed by atoms with Crippen LogP contribution in [0.2, 0.25) is 0 Å². The number of amides is 2. The number of rotatable bonds is 5. The minimum atomic E-state index is -0.645. The van der Waals surface area contributed by atoms with Crippen LogP contribution < -0.4 is 15.0 Å². The van der Waals surface area contributed by atoms with E-state index in [1.54, 1.807) is 25.9 Å². The average molecular weight is 325 g/mol. The molecule has 0 spiro atoms. The lowest BCUT2D eigenvalue weighted by Crippen LogP contribution is -2.44. The van der Waals surface area contributed by atoms with E-state index in [-0.39, 0.29) is 23.7 Å². The zero-order valence-corrected chi connectivity index (χ0v) is 13.8. The Morgan fingerprint density at radius 1 is 1.50 bits per heavy atom. The maximum atomic E-state index is 12.2. The number of nitrogens with zero attached hydrogens (tertiary/aromatic N) is 1. The zero-order chi connectivity index (χ0) is 16.3. The molecule has 1 aromatic rings. The normalized spacial score (nSPS) is 18.5. The molecule has 0 unspecified atom stereocenters. The van der Waals surface area contributed by atoms with Crippen molar-refractivity contribution in [1.82, 2.24) is 5.32 Å². The van der Waals surface area contributed by atoms with E-state index in [4.69, 9.17) is 16.3 Å². The summed E-state index contributed by atoms with van der Waals surface area (Å²) in [7, 11) is 1.59. The third-order valence-electron chi connectivity index (χ3n) is 3.77. The van der Waals surface area contributed by atoms with Crippen molar-refractivity contribution in [3.05, 3.63) is 24.3 Å². The van der Waals surface area contributed by atoms with Gasteiger partial charge < -0.3 is 15.0 Å². The fourth-order valence-electron chi connectivity index (χ4n) is 2.27. The Bertz CT molecular complexity index is 574. The summed E-state index contributed by atoms with van der Waals surface area (Å²) in [6, 6.07) is 7.13. The number of benzene rings is 1. The fourth-order valence-corrected chi connectivity index (χ4v) is 2.40. The maximum absolute atomic E-state index is 12.2. The van der Waals surface area contributed by atoms with Crippen LogP contribution in [-0.2, 0) is 9.59 Å². The summed E-state index contributed by atoms with van der Waals surface area (Å²) in [6.07, 6.45) is 0.293. The number of ether oxygens (including phenoxy) is 1. The molecule has 1 saturated heterocycles. The van der Waals surface area contributed by atoms with Crippen LogP contribution in [-0.4, -0.2) is 37.4 Å². The van der Waals surface area contributed by atoms with Crippen LogP contribution in [0.25, 0.3) is 0 Å². The molecule has 1 atom stereocenters. The first kappa shape index (κ1) is 16.6. The van der Waals surface area contributed by atoms with Crippen LogP contribution in [0.3, 0.4) is 0 Å². The molecule has 0 saturated carbocycles. The van der Waals surface area contributed by atoms with E-state index < -0.39 is 5.41 Å². The highest BCUT2D eigenvalue weighted by molar-refractivity contribution is 6.19. The molecule has 2 amide bonds. The van der Waals surface area contributed by atoms with Crippen molar-refractivity contribution in [3.63, 3.8) is 0 Å². The molecule has 0 aliphatic carbocycles. The van der Waals surface area contributed by atoms with Crippen molar-refractivity contribution in [1.29, 1.82) is 0 Å². The Morgan fingerprint density at radius 2 is 2.23 bits per heavy atom. The number of hydrogen-bond acceptors (Lipinski definition) is 3. The third kappa shape index (κ3) is 3.53. The molecule has 5 nitrogen and oxygen atoms in total. The Labute approximate surface area is 135 Å². The highest BCUT2D eigenvalue weighted by Gasteiger charge is 2.35. The van der Waals surface area contributed by atoms with Crippen LogP contribution in [0.5, 0.6) is 5.75 Å². The van der Waals surface area contributed by atoms with Crippen molar-refractivity contribution in [2.45, 2.75) is 26.3 Å². The predicted octanol–water partition coefficient (Wildman–Crippen LogP) is 2.18. The number of methoxy groups -OCH3 is 1. The van der Waals surface area contributed by atoms with Gasteiger partial charge >= 0.3 is 0 Å². The Hall–Kier alpha value is -1.75. The monoisotopic (exact) mass is 324 g/mol.